The zero-order valence-corrected chi connectivity index (χ0v) is 13.6. The standard InChI is InChI=1S/C17H13ClN2O2S/c18-13-4-6-14(7-5-13)22-10-12-9-15(23-11-12)17(21)20-16-3-1-2-8-19-16/h1-9,11H,10H2,(H,19,20,21). The normalized spacial score (nSPS) is 10.3. The minimum atomic E-state index is -0.175. The van der Waals surface area contributed by atoms with Crippen molar-refractivity contribution in [2.75, 3.05) is 5.32 Å². The van der Waals surface area contributed by atoms with Gasteiger partial charge in [-0.3, -0.25) is 4.79 Å². The second kappa shape index (κ2) is 7.26. The van der Waals surface area contributed by atoms with Crippen molar-refractivity contribution >= 4 is 34.7 Å². The van der Waals surface area contributed by atoms with Gasteiger partial charge in [-0.1, -0.05) is 17.7 Å². The SMILES string of the molecule is O=C(Nc1ccccn1)c1cc(COc2ccc(Cl)cc2)cs1. The van der Waals surface area contributed by atoms with Crippen LogP contribution in [0, 0.1) is 0 Å². The van der Waals surface area contributed by atoms with Crippen molar-refractivity contribution in [2.45, 2.75) is 6.61 Å². The van der Waals surface area contributed by atoms with Gasteiger partial charge in [0.15, 0.2) is 0 Å². The number of rotatable bonds is 5. The molecule has 4 nitrogen and oxygen atoms in total. The average Bonchev–Trinajstić information content (AvgIpc) is 3.04. The number of thiophene rings is 1. The maximum atomic E-state index is 12.1. The number of benzene rings is 1. The molecule has 23 heavy (non-hydrogen) atoms. The second-order valence-corrected chi connectivity index (χ2v) is 6.08. The summed E-state index contributed by atoms with van der Waals surface area (Å²) in [7, 11) is 0. The van der Waals surface area contributed by atoms with Crippen LogP contribution in [-0.4, -0.2) is 10.9 Å². The molecule has 0 saturated carbocycles. The molecule has 0 aliphatic carbocycles. The first-order valence-electron chi connectivity index (χ1n) is 6.89. The summed E-state index contributed by atoms with van der Waals surface area (Å²) in [4.78, 5) is 16.8. The maximum Gasteiger partial charge on any atom is 0.266 e. The number of hydrogen-bond donors (Lipinski definition) is 1. The second-order valence-electron chi connectivity index (χ2n) is 4.73. The van der Waals surface area contributed by atoms with Crippen LogP contribution >= 0.6 is 22.9 Å². The van der Waals surface area contributed by atoms with Crippen LogP contribution in [0.4, 0.5) is 5.82 Å². The van der Waals surface area contributed by atoms with E-state index in [1.54, 1.807) is 30.5 Å². The van der Waals surface area contributed by atoms with Gasteiger partial charge >= 0.3 is 0 Å². The van der Waals surface area contributed by atoms with Gasteiger partial charge in [0.25, 0.3) is 5.91 Å². The predicted octanol–water partition coefficient (Wildman–Crippen LogP) is 4.63. The van der Waals surface area contributed by atoms with Crippen molar-refractivity contribution in [3.63, 3.8) is 0 Å². The lowest BCUT2D eigenvalue weighted by atomic mass is 10.3. The number of pyridine rings is 1. The van der Waals surface area contributed by atoms with E-state index in [1.807, 2.05) is 29.6 Å². The summed E-state index contributed by atoms with van der Waals surface area (Å²) in [5.41, 5.74) is 0.941. The Bertz CT molecular complexity index is 788. The third-order valence-electron chi connectivity index (χ3n) is 3.00. The highest BCUT2D eigenvalue weighted by molar-refractivity contribution is 7.12. The molecular formula is C17H13ClN2O2S. The lowest BCUT2D eigenvalue weighted by Gasteiger charge is -2.04. The van der Waals surface area contributed by atoms with Crippen molar-refractivity contribution in [2.24, 2.45) is 0 Å². The van der Waals surface area contributed by atoms with Gasteiger partial charge in [-0.05, 0) is 47.8 Å². The Kier molecular flexibility index (Phi) is 4.90. The van der Waals surface area contributed by atoms with Gasteiger partial charge in [-0.15, -0.1) is 11.3 Å². The Morgan fingerprint density at radius 1 is 1.22 bits per heavy atom. The molecule has 1 N–H and O–H groups in total. The van der Waals surface area contributed by atoms with E-state index in [4.69, 9.17) is 16.3 Å². The highest BCUT2D eigenvalue weighted by atomic mass is 35.5. The number of hydrogen-bond acceptors (Lipinski definition) is 4. The van der Waals surface area contributed by atoms with Crippen LogP contribution in [-0.2, 0) is 6.61 Å². The van der Waals surface area contributed by atoms with Gasteiger partial charge in [-0.25, -0.2) is 4.98 Å². The quantitative estimate of drug-likeness (QED) is 0.734. The molecule has 0 atom stereocenters. The van der Waals surface area contributed by atoms with Crippen LogP contribution in [0.15, 0.2) is 60.1 Å². The van der Waals surface area contributed by atoms with Crippen molar-refractivity contribution in [1.82, 2.24) is 4.98 Å². The number of carbonyl (C=O) groups excluding carboxylic acids is 1. The first-order chi connectivity index (χ1) is 11.2. The van der Waals surface area contributed by atoms with Gasteiger partial charge in [0.1, 0.15) is 18.2 Å². The van der Waals surface area contributed by atoms with E-state index in [-0.39, 0.29) is 5.91 Å². The zero-order valence-electron chi connectivity index (χ0n) is 12.0. The number of halogens is 1. The molecule has 6 heteroatoms. The Labute approximate surface area is 142 Å². The molecule has 3 aromatic rings. The molecule has 116 valence electrons. The fourth-order valence-corrected chi connectivity index (χ4v) is 2.80. The van der Waals surface area contributed by atoms with Crippen molar-refractivity contribution in [3.05, 3.63) is 75.6 Å². The summed E-state index contributed by atoms with van der Waals surface area (Å²) in [6.45, 7) is 0.398. The summed E-state index contributed by atoms with van der Waals surface area (Å²) in [5.74, 6) is 1.09. The van der Waals surface area contributed by atoms with Crippen LogP contribution in [0.3, 0.4) is 0 Å². The van der Waals surface area contributed by atoms with Gasteiger partial charge in [-0.2, -0.15) is 0 Å². The molecule has 1 aromatic carbocycles. The van der Waals surface area contributed by atoms with Crippen LogP contribution < -0.4 is 10.1 Å². The molecule has 0 spiro atoms. The van der Waals surface area contributed by atoms with E-state index < -0.39 is 0 Å². The lowest BCUT2D eigenvalue weighted by Crippen LogP contribution is -2.11. The fourth-order valence-electron chi connectivity index (χ4n) is 1.88. The first kappa shape index (κ1) is 15.5. The molecule has 0 bridgehead atoms. The van der Waals surface area contributed by atoms with Gasteiger partial charge < -0.3 is 10.1 Å². The summed E-state index contributed by atoms with van der Waals surface area (Å²) in [5, 5.41) is 5.33. The van der Waals surface area contributed by atoms with Crippen molar-refractivity contribution in [1.29, 1.82) is 0 Å². The largest absolute Gasteiger partial charge is 0.489 e. The monoisotopic (exact) mass is 344 g/mol. The Morgan fingerprint density at radius 3 is 2.78 bits per heavy atom. The summed E-state index contributed by atoms with van der Waals surface area (Å²) < 4.78 is 5.66. The average molecular weight is 345 g/mol. The van der Waals surface area contributed by atoms with E-state index >= 15 is 0 Å². The molecular weight excluding hydrogens is 332 g/mol. The molecule has 0 aliphatic rings. The number of amides is 1. The summed E-state index contributed by atoms with van der Waals surface area (Å²) in [6, 6.07) is 14.4. The Balaban J connectivity index is 1.59. The topological polar surface area (TPSA) is 51.2 Å². The van der Waals surface area contributed by atoms with E-state index in [1.165, 1.54) is 11.3 Å². The van der Waals surface area contributed by atoms with E-state index in [9.17, 15) is 4.79 Å². The smallest absolute Gasteiger partial charge is 0.266 e. The molecule has 3 rings (SSSR count). The Morgan fingerprint density at radius 2 is 2.04 bits per heavy atom. The molecule has 2 heterocycles. The van der Waals surface area contributed by atoms with Crippen LogP contribution in [0.5, 0.6) is 5.75 Å². The first-order valence-corrected chi connectivity index (χ1v) is 8.14. The molecule has 0 aliphatic heterocycles. The van der Waals surface area contributed by atoms with Crippen LogP contribution in [0.25, 0.3) is 0 Å². The highest BCUT2D eigenvalue weighted by Crippen LogP contribution is 2.20. The summed E-state index contributed by atoms with van der Waals surface area (Å²) >= 11 is 7.20. The lowest BCUT2D eigenvalue weighted by molar-refractivity contribution is 0.103. The van der Waals surface area contributed by atoms with E-state index in [0.29, 0.717) is 22.3 Å². The number of anilines is 1. The van der Waals surface area contributed by atoms with Gasteiger partial charge in [0.05, 0.1) is 4.88 Å². The van der Waals surface area contributed by atoms with Gasteiger partial charge in [0, 0.05) is 16.8 Å². The zero-order chi connectivity index (χ0) is 16.1. The van der Waals surface area contributed by atoms with Gasteiger partial charge in [0.2, 0.25) is 0 Å². The van der Waals surface area contributed by atoms with E-state index in [2.05, 4.69) is 10.3 Å². The maximum absolute atomic E-state index is 12.1. The molecule has 0 radical (unpaired) electrons. The predicted molar refractivity (Wildman–Crippen MR) is 92.3 cm³/mol. The molecule has 0 unspecified atom stereocenters. The van der Waals surface area contributed by atoms with Crippen molar-refractivity contribution < 1.29 is 9.53 Å². The number of aromatic nitrogens is 1. The minimum Gasteiger partial charge on any atom is -0.489 e. The molecule has 1 amide bonds. The number of ether oxygens (including phenoxy) is 1. The molecule has 0 fully saturated rings. The van der Waals surface area contributed by atoms with Crippen LogP contribution in [0.2, 0.25) is 5.02 Å². The number of nitrogens with one attached hydrogen (secondary N) is 1. The number of nitrogens with zero attached hydrogens (tertiary/aromatic N) is 1. The Hall–Kier alpha value is -2.37. The highest BCUT2D eigenvalue weighted by Gasteiger charge is 2.10. The van der Waals surface area contributed by atoms with Crippen LogP contribution in [0.1, 0.15) is 15.2 Å². The van der Waals surface area contributed by atoms with E-state index in [0.717, 1.165) is 11.3 Å². The fraction of sp³-hybridized carbons (Fsp3) is 0.0588. The summed E-state index contributed by atoms with van der Waals surface area (Å²) in [6.07, 6.45) is 1.63. The number of carbonyl (C=O) groups is 1. The van der Waals surface area contributed by atoms with Crippen molar-refractivity contribution in [3.8, 4) is 5.75 Å². The molecule has 0 saturated heterocycles. The molecule has 2 aromatic heterocycles. The third kappa shape index (κ3) is 4.31. The third-order valence-corrected chi connectivity index (χ3v) is 4.23. The minimum absolute atomic E-state index is 0.175.